The lowest BCUT2D eigenvalue weighted by molar-refractivity contribution is -0.113. The average molecular weight is 540 g/mol. The van der Waals surface area contributed by atoms with E-state index in [1.54, 1.807) is 18.2 Å². The van der Waals surface area contributed by atoms with Gasteiger partial charge in [0.25, 0.3) is 0 Å². The molecule has 0 fully saturated rings. The zero-order valence-electron chi connectivity index (χ0n) is 16.2. The number of phenols is 1. The summed E-state index contributed by atoms with van der Waals surface area (Å²) >= 11 is 8.21. The molecule has 2 aromatic carbocycles. The highest BCUT2D eigenvalue weighted by Gasteiger charge is 2.18. The van der Waals surface area contributed by atoms with Crippen LogP contribution < -0.4 is 5.32 Å². The van der Waals surface area contributed by atoms with Crippen LogP contribution in [-0.2, 0) is 11.3 Å². The molecule has 0 saturated heterocycles. The first-order valence-electron chi connectivity index (χ1n) is 8.91. The van der Waals surface area contributed by atoms with Gasteiger partial charge in [-0.25, -0.2) is 0 Å². The van der Waals surface area contributed by atoms with Crippen molar-refractivity contribution in [3.63, 3.8) is 0 Å². The number of nitrogens with zero attached hydrogens (tertiary/aromatic N) is 3. The summed E-state index contributed by atoms with van der Waals surface area (Å²) in [6.07, 6.45) is 0. The van der Waals surface area contributed by atoms with Gasteiger partial charge in [0.15, 0.2) is 11.0 Å². The van der Waals surface area contributed by atoms with Crippen molar-refractivity contribution in [1.82, 2.24) is 14.8 Å². The molecule has 0 atom stereocenters. The molecule has 0 spiro atoms. The van der Waals surface area contributed by atoms with Gasteiger partial charge < -0.3 is 15.0 Å². The number of hydrogen-bond acceptors (Lipinski definition) is 5. The fourth-order valence-corrected chi connectivity index (χ4v) is 4.48. The van der Waals surface area contributed by atoms with Crippen LogP contribution in [0.2, 0.25) is 0 Å². The monoisotopic (exact) mass is 538 g/mol. The Morgan fingerprint density at radius 3 is 2.62 bits per heavy atom. The number of nitrogens with one attached hydrogen (secondary N) is 1. The highest BCUT2D eigenvalue weighted by atomic mass is 79.9. The van der Waals surface area contributed by atoms with E-state index >= 15 is 0 Å². The maximum atomic E-state index is 12.5. The molecule has 0 aliphatic heterocycles. The van der Waals surface area contributed by atoms with Gasteiger partial charge in [0.2, 0.25) is 5.91 Å². The molecule has 0 aliphatic carbocycles. The molecular weight excluding hydrogens is 520 g/mol. The Morgan fingerprint density at radius 2 is 1.90 bits per heavy atom. The lowest BCUT2D eigenvalue weighted by atomic mass is 10.1. The van der Waals surface area contributed by atoms with E-state index in [2.05, 4.69) is 47.4 Å². The van der Waals surface area contributed by atoms with E-state index in [0.717, 1.165) is 25.8 Å². The molecule has 0 bridgehead atoms. The Kier molecular flexibility index (Phi) is 7.02. The molecule has 152 valence electrons. The second-order valence-electron chi connectivity index (χ2n) is 6.47. The minimum atomic E-state index is -0.128. The van der Waals surface area contributed by atoms with E-state index in [1.807, 2.05) is 37.5 Å². The van der Waals surface area contributed by atoms with Gasteiger partial charge in [0.05, 0.1) is 17.0 Å². The highest BCUT2D eigenvalue weighted by molar-refractivity contribution is 9.10. The minimum Gasteiger partial charge on any atom is -0.507 e. The zero-order valence-corrected chi connectivity index (χ0v) is 20.2. The van der Waals surface area contributed by atoms with Crippen molar-refractivity contribution in [2.75, 3.05) is 11.1 Å². The van der Waals surface area contributed by atoms with Crippen LogP contribution in [0.4, 0.5) is 5.69 Å². The lowest BCUT2D eigenvalue weighted by Gasteiger charge is -2.11. The highest BCUT2D eigenvalue weighted by Crippen LogP contribution is 2.33. The summed E-state index contributed by atoms with van der Waals surface area (Å²) in [6, 6.07) is 9.10. The molecule has 6 nitrogen and oxygen atoms in total. The van der Waals surface area contributed by atoms with Gasteiger partial charge in [-0.15, -0.1) is 10.2 Å². The second-order valence-corrected chi connectivity index (χ2v) is 9.18. The van der Waals surface area contributed by atoms with Gasteiger partial charge in [0, 0.05) is 15.5 Å². The number of aryl methyl sites for hydroxylation is 2. The Hall–Kier alpha value is -1.84. The van der Waals surface area contributed by atoms with Crippen molar-refractivity contribution in [3.8, 4) is 17.1 Å². The molecule has 1 aromatic heterocycles. The molecule has 0 saturated carbocycles. The number of rotatable bonds is 6. The Morgan fingerprint density at radius 1 is 1.17 bits per heavy atom. The molecule has 1 heterocycles. The third-order valence-corrected chi connectivity index (χ3v) is 6.54. The van der Waals surface area contributed by atoms with E-state index in [0.29, 0.717) is 23.1 Å². The van der Waals surface area contributed by atoms with Crippen LogP contribution in [-0.4, -0.2) is 31.5 Å². The van der Waals surface area contributed by atoms with E-state index < -0.39 is 0 Å². The first kappa shape index (κ1) is 21.9. The molecule has 9 heteroatoms. The zero-order chi connectivity index (χ0) is 21.1. The Bertz CT molecular complexity index is 1070. The predicted octanol–water partition coefficient (Wildman–Crippen LogP) is 5.54. The first-order valence-corrected chi connectivity index (χ1v) is 11.5. The van der Waals surface area contributed by atoms with Crippen LogP contribution in [0.3, 0.4) is 0 Å². The van der Waals surface area contributed by atoms with Crippen molar-refractivity contribution >= 4 is 55.2 Å². The lowest BCUT2D eigenvalue weighted by Crippen LogP contribution is -2.15. The van der Waals surface area contributed by atoms with Crippen molar-refractivity contribution in [2.45, 2.75) is 32.5 Å². The van der Waals surface area contributed by atoms with Gasteiger partial charge in [-0.05, 0) is 78.2 Å². The molecule has 0 unspecified atom stereocenters. The summed E-state index contributed by atoms with van der Waals surface area (Å²) in [5.41, 5.74) is 3.60. The number of amides is 1. The van der Waals surface area contributed by atoms with Crippen LogP contribution in [0.15, 0.2) is 44.4 Å². The number of hydrogen-bond donors (Lipinski definition) is 2. The van der Waals surface area contributed by atoms with Gasteiger partial charge in [0.1, 0.15) is 5.75 Å². The smallest absolute Gasteiger partial charge is 0.234 e. The summed E-state index contributed by atoms with van der Waals surface area (Å²) in [5.74, 6) is 0.758. The minimum absolute atomic E-state index is 0.128. The molecular formula is C20H20Br2N4O2S. The molecule has 0 aliphatic rings. The van der Waals surface area contributed by atoms with Crippen molar-refractivity contribution in [2.24, 2.45) is 0 Å². The number of carbonyl (C=O) groups excluding carboxylic acids is 1. The van der Waals surface area contributed by atoms with Gasteiger partial charge in [-0.2, -0.15) is 0 Å². The molecule has 0 radical (unpaired) electrons. The number of aromatic hydroxyl groups is 1. The maximum Gasteiger partial charge on any atom is 0.234 e. The van der Waals surface area contributed by atoms with Crippen molar-refractivity contribution in [1.29, 1.82) is 0 Å². The van der Waals surface area contributed by atoms with Crippen LogP contribution in [0.5, 0.6) is 5.75 Å². The standard InChI is InChI=1S/C20H20Br2N4O2S/c1-4-26-19(14-9-13(21)5-6-17(14)27)24-25-20(26)29-10-18(28)23-16-8-12(3)11(2)7-15(16)22/h5-9,27H,4,10H2,1-3H3,(H,23,28). The third kappa shape index (κ3) is 5.02. The average Bonchev–Trinajstić information content (AvgIpc) is 3.09. The molecule has 2 N–H and O–H groups in total. The number of carbonyl (C=O) groups is 1. The van der Waals surface area contributed by atoms with E-state index in [1.165, 1.54) is 11.8 Å². The predicted molar refractivity (Wildman–Crippen MR) is 123 cm³/mol. The van der Waals surface area contributed by atoms with Crippen LogP contribution in [0.1, 0.15) is 18.1 Å². The summed E-state index contributed by atoms with van der Waals surface area (Å²) < 4.78 is 3.57. The normalized spacial score (nSPS) is 10.9. The number of phenolic OH excluding ortho intramolecular Hbond substituents is 1. The van der Waals surface area contributed by atoms with Crippen molar-refractivity contribution in [3.05, 3.63) is 50.4 Å². The van der Waals surface area contributed by atoms with Crippen LogP contribution in [0, 0.1) is 13.8 Å². The summed E-state index contributed by atoms with van der Waals surface area (Å²) in [4.78, 5) is 12.5. The van der Waals surface area contributed by atoms with Crippen LogP contribution >= 0.6 is 43.6 Å². The fourth-order valence-electron chi connectivity index (χ4n) is 2.76. The number of halogens is 2. The largest absolute Gasteiger partial charge is 0.507 e. The van der Waals surface area contributed by atoms with E-state index in [4.69, 9.17) is 0 Å². The molecule has 29 heavy (non-hydrogen) atoms. The Balaban J connectivity index is 1.74. The quantitative estimate of drug-likeness (QED) is 0.402. The maximum absolute atomic E-state index is 12.5. The number of anilines is 1. The topological polar surface area (TPSA) is 80.0 Å². The van der Waals surface area contributed by atoms with Crippen molar-refractivity contribution < 1.29 is 9.90 Å². The number of benzene rings is 2. The molecule has 3 rings (SSSR count). The van der Waals surface area contributed by atoms with Gasteiger partial charge >= 0.3 is 0 Å². The summed E-state index contributed by atoms with van der Waals surface area (Å²) in [7, 11) is 0. The molecule has 3 aromatic rings. The third-order valence-electron chi connectivity index (χ3n) is 4.42. The SMILES string of the molecule is CCn1c(SCC(=O)Nc2cc(C)c(C)cc2Br)nnc1-c1cc(Br)ccc1O. The second kappa shape index (κ2) is 9.32. The van der Waals surface area contributed by atoms with Gasteiger partial charge in [-0.1, -0.05) is 27.7 Å². The Labute approximate surface area is 190 Å². The summed E-state index contributed by atoms with van der Waals surface area (Å²) in [6.45, 7) is 6.62. The molecule has 1 amide bonds. The van der Waals surface area contributed by atoms with E-state index in [-0.39, 0.29) is 17.4 Å². The van der Waals surface area contributed by atoms with Gasteiger partial charge in [-0.3, -0.25) is 4.79 Å². The number of thioether (sulfide) groups is 1. The van der Waals surface area contributed by atoms with E-state index in [9.17, 15) is 9.90 Å². The number of aromatic nitrogens is 3. The van der Waals surface area contributed by atoms with Crippen LogP contribution in [0.25, 0.3) is 11.4 Å². The summed E-state index contributed by atoms with van der Waals surface area (Å²) in [5, 5.41) is 22.2. The fraction of sp³-hybridized carbons (Fsp3) is 0.250. The first-order chi connectivity index (χ1) is 13.8.